The van der Waals surface area contributed by atoms with Gasteiger partial charge in [0.2, 0.25) is 10.0 Å². The van der Waals surface area contributed by atoms with Crippen molar-refractivity contribution in [3.63, 3.8) is 0 Å². The third kappa shape index (κ3) is 7.24. The summed E-state index contributed by atoms with van der Waals surface area (Å²) in [5.74, 6) is 0. The fourth-order valence-electron chi connectivity index (χ4n) is 3.74. The predicted octanol–water partition coefficient (Wildman–Crippen LogP) is 1.91. The third-order valence-corrected chi connectivity index (χ3v) is 6.92. The summed E-state index contributed by atoms with van der Waals surface area (Å²) in [7, 11) is -3.57. The number of ether oxygens (including phenoxy) is 1. The standard InChI is InChI=1S/C23H35N3O4S/c1-23(2,3)30-18-20(27)17-26-15-13-25(14-16-26)12-11-24-31(28,29)22-10-6-8-19-7-4-5-9-21(19)22/h4-10,20,24,27H,11-18H2,1-3H3/t20-/m1/s1. The van der Waals surface area contributed by atoms with Gasteiger partial charge in [0.1, 0.15) is 0 Å². The summed E-state index contributed by atoms with van der Waals surface area (Å²) in [6.45, 7) is 11.3. The normalized spacial score (nSPS) is 17.8. The zero-order valence-corrected chi connectivity index (χ0v) is 19.6. The summed E-state index contributed by atoms with van der Waals surface area (Å²) in [6.07, 6.45) is -0.502. The zero-order chi connectivity index (χ0) is 22.5. The molecule has 0 unspecified atom stereocenters. The molecule has 0 saturated carbocycles. The molecule has 0 bridgehead atoms. The molecular weight excluding hydrogens is 414 g/mol. The summed E-state index contributed by atoms with van der Waals surface area (Å²) in [4.78, 5) is 4.80. The Hall–Kier alpha value is -1.55. The third-order valence-electron chi connectivity index (χ3n) is 5.40. The quantitative estimate of drug-likeness (QED) is 0.609. The van der Waals surface area contributed by atoms with Gasteiger partial charge in [0, 0.05) is 51.2 Å². The first-order chi connectivity index (χ1) is 14.6. The lowest BCUT2D eigenvalue weighted by Crippen LogP contribution is -2.50. The molecule has 172 valence electrons. The van der Waals surface area contributed by atoms with Crippen LogP contribution in [-0.4, -0.2) is 87.4 Å². The maximum Gasteiger partial charge on any atom is 0.241 e. The lowest BCUT2D eigenvalue weighted by atomic mass is 10.1. The van der Waals surface area contributed by atoms with Crippen molar-refractivity contribution in [1.82, 2.24) is 14.5 Å². The van der Waals surface area contributed by atoms with Gasteiger partial charge in [-0.2, -0.15) is 0 Å². The number of aliphatic hydroxyl groups excluding tert-OH is 1. The molecule has 31 heavy (non-hydrogen) atoms. The van der Waals surface area contributed by atoms with Gasteiger partial charge in [-0.3, -0.25) is 9.80 Å². The van der Waals surface area contributed by atoms with E-state index < -0.39 is 16.1 Å². The van der Waals surface area contributed by atoms with Crippen molar-refractivity contribution in [3.8, 4) is 0 Å². The molecule has 1 aliphatic rings. The average Bonchev–Trinajstić information content (AvgIpc) is 2.72. The van der Waals surface area contributed by atoms with Crippen molar-refractivity contribution < 1.29 is 18.3 Å². The Kier molecular flexibility index (Phi) is 8.07. The highest BCUT2D eigenvalue weighted by Crippen LogP contribution is 2.22. The van der Waals surface area contributed by atoms with Gasteiger partial charge in [0.25, 0.3) is 0 Å². The summed E-state index contributed by atoms with van der Waals surface area (Å²) in [5, 5.41) is 11.8. The SMILES string of the molecule is CC(C)(C)OC[C@H](O)CN1CCN(CCNS(=O)(=O)c2cccc3ccccc23)CC1. The Morgan fingerprint density at radius 3 is 2.39 bits per heavy atom. The van der Waals surface area contributed by atoms with E-state index in [-0.39, 0.29) is 5.60 Å². The summed E-state index contributed by atoms with van der Waals surface area (Å²) in [5.41, 5.74) is -0.251. The highest BCUT2D eigenvalue weighted by Gasteiger charge is 2.22. The first-order valence-corrected chi connectivity index (χ1v) is 12.4. The minimum absolute atomic E-state index is 0.251. The zero-order valence-electron chi connectivity index (χ0n) is 18.8. The van der Waals surface area contributed by atoms with Gasteiger partial charge < -0.3 is 9.84 Å². The molecule has 0 radical (unpaired) electrons. The fourth-order valence-corrected chi connectivity index (χ4v) is 4.99. The lowest BCUT2D eigenvalue weighted by Gasteiger charge is -2.35. The van der Waals surface area contributed by atoms with E-state index in [9.17, 15) is 13.5 Å². The molecular formula is C23H35N3O4S. The van der Waals surface area contributed by atoms with Crippen LogP contribution >= 0.6 is 0 Å². The average molecular weight is 450 g/mol. The Balaban J connectivity index is 1.43. The van der Waals surface area contributed by atoms with Crippen LogP contribution in [0, 0.1) is 0 Å². The molecule has 0 aliphatic carbocycles. The molecule has 2 N–H and O–H groups in total. The molecule has 1 aliphatic heterocycles. The first kappa shape index (κ1) is 24.1. The van der Waals surface area contributed by atoms with E-state index in [2.05, 4.69) is 14.5 Å². The van der Waals surface area contributed by atoms with Crippen LogP contribution in [0.5, 0.6) is 0 Å². The van der Waals surface area contributed by atoms with E-state index in [1.807, 2.05) is 51.1 Å². The van der Waals surface area contributed by atoms with E-state index >= 15 is 0 Å². The van der Waals surface area contributed by atoms with Crippen molar-refractivity contribution >= 4 is 20.8 Å². The smallest absolute Gasteiger partial charge is 0.241 e. The second-order valence-electron chi connectivity index (χ2n) is 9.09. The van der Waals surface area contributed by atoms with Crippen molar-refractivity contribution in [2.75, 3.05) is 52.4 Å². The second-order valence-corrected chi connectivity index (χ2v) is 10.8. The van der Waals surface area contributed by atoms with Crippen LogP contribution in [0.15, 0.2) is 47.4 Å². The monoisotopic (exact) mass is 449 g/mol. The van der Waals surface area contributed by atoms with Gasteiger partial charge in [-0.1, -0.05) is 36.4 Å². The van der Waals surface area contributed by atoms with E-state index in [4.69, 9.17) is 4.74 Å². The molecule has 2 aromatic rings. The fraction of sp³-hybridized carbons (Fsp3) is 0.565. The molecule has 0 amide bonds. The summed E-state index contributed by atoms with van der Waals surface area (Å²) in [6, 6.07) is 12.9. The van der Waals surface area contributed by atoms with Crippen molar-refractivity contribution in [2.45, 2.75) is 37.4 Å². The molecule has 1 saturated heterocycles. The van der Waals surface area contributed by atoms with Gasteiger partial charge in [-0.25, -0.2) is 13.1 Å². The lowest BCUT2D eigenvalue weighted by molar-refractivity contribution is -0.0585. The minimum Gasteiger partial charge on any atom is -0.389 e. The van der Waals surface area contributed by atoms with Crippen molar-refractivity contribution in [2.24, 2.45) is 0 Å². The molecule has 8 heteroatoms. The molecule has 1 fully saturated rings. The van der Waals surface area contributed by atoms with E-state index in [0.29, 0.717) is 31.1 Å². The number of fused-ring (bicyclic) bond motifs is 1. The van der Waals surface area contributed by atoms with Crippen LogP contribution in [0.3, 0.4) is 0 Å². The van der Waals surface area contributed by atoms with Crippen LogP contribution < -0.4 is 4.72 Å². The number of hydrogen-bond acceptors (Lipinski definition) is 6. The van der Waals surface area contributed by atoms with Gasteiger partial charge in [-0.05, 0) is 32.2 Å². The van der Waals surface area contributed by atoms with Gasteiger partial charge >= 0.3 is 0 Å². The van der Waals surface area contributed by atoms with E-state index in [1.54, 1.807) is 12.1 Å². The maximum absolute atomic E-state index is 12.8. The van der Waals surface area contributed by atoms with Gasteiger partial charge in [0.15, 0.2) is 0 Å². The summed E-state index contributed by atoms with van der Waals surface area (Å²) >= 11 is 0. The van der Waals surface area contributed by atoms with Gasteiger partial charge in [0.05, 0.1) is 23.2 Å². The van der Waals surface area contributed by atoms with E-state index in [0.717, 1.165) is 37.0 Å². The molecule has 0 spiro atoms. The van der Waals surface area contributed by atoms with Crippen LogP contribution in [0.4, 0.5) is 0 Å². The number of sulfonamides is 1. The Labute approximate surface area is 186 Å². The highest BCUT2D eigenvalue weighted by molar-refractivity contribution is 7.89. The number of hydrogen-bond donors (Lipinski definition) is 2. The molecule has 2 aromatic carbocycles. The number of benzene rings is 2. The first-order valence-electron chi connectivity index (χ1n) is 10.9. The maximum atomic E-state index is 12.8. The largest absolute Gasteiger partial charge is 0.389 e. The van der Waals surface area contributed by atoms with Crippen LogP contribution in [0.2, 0.25) is 0 Å². The molecule has 1 heterocycles. The predicted molar refractivity (Wildman–Crippen MR) is 124 cm³/mol. The second kappa shape index (κ2) is 10.4. The van der Waals surface area contributed by atoms with Crippen LogP contribution in [-0.2, 0) is 14.8 Å². The summed E-state index contributed by atoms with van der Waals surface area (Å²) < 4.78 is 34.0. The number of nitrogens with one attached hydrogen (secondary N) is 1. The molecule has 1 atom stereocenters. The molecule has 3 rings (SSSR count). The van der Waals surface area contributed by atoms with E-state index in [1.165, 1.54) is 0 Å². The number of nitrogens with zero attached hydrogens (tertiary/aromatic N) is 2. The minimum atomic E-state index is -3.57. The Bertz CT molecular complexity index is 945. The number of piperazine rings is 1. The molecule has 0 aromatic heterocycles. The van der Waals surface area contributed by atoms with Gasteiger partial charge in [-0.15, -0.1) is 0 Å². The Morgan fingerprint density at radius 1 is 1.03 bits per heavy atom. The number of aliphatic hydroxyl groups is 1. The number of β-amino-alcohol motifs (C(OH)–C–C–N with tert-alkyl or cyclic N) is 1. The van der Waals surface area contributed by atoms with Crippen molar-refractivity contribution in [3.05, 3.63) is 42.5 Å². The number of rotatable bonds is 9. The van der Waals surface area contributed by atoms with Crippen LogP contribution in [0.25, 0.3) is 10.8 Å². The van der Waals surface area contributed by atoms with Crippen molar-refractivity contribution in [1.29, 1.82) is 0 Å². The topological polar surface area (TPSA) is 82.1 Å². The van der Waals surface area contributed by atoms with Crippen LogP contribution in [0.1, 0.15) is 20.8 Å². The Morgan fingerprint density at radius 2 is 1.68 bits per heavy atom. The molecule has 7 nitrogen and oxygen atoms in total. The highest BCUT2D eigenvalue weighted by atomic mass is 32.2.